The zero-order valence-corrected chi connectivity index (χ0v) is 14.1. The van der Waals surface area contributed by atoms with Crippen LogP contribution in [0.2, 0.25) is 0 Å². The van der Waals surface area contributed by atoms with Gasteiger partial charge in [0.2, 0.25) is 5.91 Å². The highest BCUT2D eigenvalue weighted by Gasteiger charge is 2.28. The summed E-state index contributed by atoms with van der Waals surface area (Å²) in [4.78, 5) is 30.1. The van der Waals surface area contributed by atoms with Crippen molar-refractivity contribution in [2.24, 2.45) is 5.92 Å². The molecule has 116 valence electrons. The lowest BCUT2D eigenvalue weighted by molar-refractivity contribution is -0.133. The van der Waals surface area contributed by atoms with E-state index in [0.29, 0.717) is 0 Å². The maximum atomic E-state index is 12.4. The van der Waals surface area contributed by atoms with Gasteiger partial charge in [-0.2, -0.15) is 0 Å². The second-order valence-corrected chi connectivity index (χ2v) is 6.85. The molecule has 0 radical (unpaired) electrons. The van der Waals surface area contributed by atoms with Crippen LogP contribution in [0.4, 0.5) is 0 Å². The fourth-order valence-corrected chi connectivity index (χ4v) is 4.05. The van der Waals surface area contributed by atoms with Gasteiger partial charge in [0.1, 0.15) is 0 Å². The van der Waals surface area contributed by atoms with Gasteiger partial charge in [0, 0.05) is 38.0 Å². The van der Waals surface area contributed by atoms with Gasteiger partial charge >= 0.3 is 0 Å². The maximum absolute atomic E-state index is 12.4. The van der Waals surface area contributed by atoms with Crippen molar-refractivity contribution in [3.8, 4) is 0 Å². The van der Waals surface area contributed by atoms with Crippen molar-refractivity contribution in [3.05, 3.63) is 21.4 Å². The Balaban J connectivity index is 2.16. The average molecular weight is 308 g/mol. The molecule has 0 saturated heterocycles. The number of thiophene rings is 1. The number of fused-ring (bicyclic) bond motifs is 1. The predicted molar refractivity (Wildman–Crippen MR) is 85.8 cm³/mol. The Kier molecular flexibility index (Phi) is 5.04. The van der Waals surface area contributed by atoms with E-state index in [0.717, 1.165) is 37.2 Å². The molecule has 0 fully saturated rings. The van der Waals surface area contributed by atoms with Gasteiger partial charge in [0.25, 0.3) is 5.91 Å². The van der Waals surface area contributed by atoms with Crippen molar-refractivity contribution < 1.29 is 9.59 Å². The number of amides is 2. The van der Waals surface area contributed by atoms with E-state index in [9.17, 15) is 9.59 Å². The van der Waals surface area contributed by atoms with Crippen molar-refractivity contribution in [1.82, 2.24) is 9.80 Å². The van der Waals surface area contributed by atoms with Gasteiger partial charge in [-0.3, -0.25) is 9.59 Å². The third-order valence-corrected chi connectivity index (χ3v) is 5.36. The Hall–Kier alpha value is -1.36. The van der Waals surface area contributed by atoms with Crippen molar-refractivity contribution in [2.75, 3.05) is 27.2 Å². The summed E-state index contributed by atoms with van der Waals surface area (Å²) < 4.78 is 0. The van der Waals surface area contributed by atoms with Gasteiger partial charge in [-0.15, -0.1) is 11.3 Å². The smallest absolute Gasteiger partial charge is 0.263 e. The van der Waals surface area contributed by atoms with Crippen LogP contribution < -0.4 is 0 Å². The van der Waals surface area contributed by atoms with Crippen molar-refractivity contribution in [1.29, 1.82) is 0 Å². The molecular weight excluding hydrogens is 284 g/mol. The summed E-state index contributed by atoms with van der Waals surface area (Å²) in [7, 11) is 3.61. The van der Waals surface area contributed by atoms with Crippen molar-refractivity contribution in [3.63, 3.8) is 0 Å². The van der Waals surface area contributed by atoms with Crippen LogP contribution in [0.3, 0.4) is 0 Å². The molecule has 1 atom stereocenters. The van der Waals surface area contributed by atoms with Crippen LogP contribution >= 0.6 is 11.3 Å². The molecule has 2 rings (SSSR count). The fraction of sp³-hybridized carbons (Fsp3) is 0.625. The molecule has 1 aromatic rings. The van der Waals surface area contributed by atoms with Gasteiger partial charge in [-0.05, 0) is 44.7 Å². The lowest BCUT2D eigenvalue weighted by atomic mass is 9.87. The van der Waals surface area contributed by atoms with E-state index in [1.807, 2.05) is 24.8 Å². The van der Waals surface area contributed by atoms with Crippen LogP contribution in [0.5, 0.6) is 0 Å². The molecule has 21 heavy (non-hydrogen) atoms. The highest BCUT2D eigenvalue weighted by Crippen LogP contribution is 2.33. The number of carbonyl (C=O) groups excluding carboxylic acids is 2. The quantitative estimate of drug-likeness (QED) is 0.857. The first-order valence-corrected chi connectivity index (χ1v) is 8.41. The van der Waals surface area contributed by atoms with E-state index in [4.69, 9.17) is 0 Å². The van der Waals surface area contributed by atoms with Crippen molar-refractivity contribution in [2.45, 2.75) is 33.1 Å². The zero-order valence-electron chi connectivity index (χ0n) is 13.3. The van der Waals surface area contributed by atoms with Crippen molar-refractivity contribution >= 4 is 23.2 Å². The molecule has 0 spiro atoms. The molecule has 0 saturated carbocycles. The van der Waals surface area contributed by atoms with Crippen LogP contribution in [0.1, 0.15) is 40.4 Å². The molecule has 1 aromatic heterocycles. The Morgan fingerprint density at radius 1 is 1.29 bits per heavy atom. The largest absolute Gasteiger partial charge is 0.349 e. The summed E-state index contributed by atoms with van der Waals surface area (Å²) in [5.41, 5.74) is 1.20. The normalized spacial score (nSPS) is 17.2. The molecule has 1 aliphatic rings. The summed E-state index contributed by atoms with van der Waals surface area (Å²) >= 11 is 1.61. The summed E-state index contributed by atoms with van der Waals surface area (Å²) in [6.45, 7) is 5.47. The zero-order chi connectivity index (χ0) is 15.6. The lowest BCUT2D eigenvalue weighted by Crippen LogP contribution is -2.32. The molecule has 4 nitrogen and oxygen atoms in total. The number of aryl methyl sites for hydroxylation is 1. The second kappa shape index (κ2) is 6.60. The van der Waals surface area contributed by atoms with Gasteiger partial charge in [0.05, 0.1) is 4.88 Å². The van der Waals surface area contributed by atoms with Crippen LogP contribution in [-0.2, 0) is 17.6 Å². The molecule has 0 bridgehead atoms. The Labute approximate surface area is 130 Å². The molecule has 0 aliphatic heterocycles. The minimum atomic E-state index is 0.0681. The number of nitrogens with zero attached hydrogens (tertiary/aromatic N) is 2. The highest BCUT2D eigenvalue weighted by molar-refractivity contribution is 7.14. The number of hydrogen-bond acceptors (Lipinski definition) is 3. The van der Waals surface area contributed by atoms with E-state index in [1.54, 1.807) is 30.3 Å². The van der Waals surface area contributed by atoms with Gasteiger partial charge in [-0.1, -0.05) is 0 Å². The number of carbonyl (C=O) groups is 2. The van der Waals surface area contributed by atoms with Crippen LogP contribution in [0, 0.1) is 5.92 Å². The molecular formula is C16H24N2O2S. The fourth-order valence-electron chi connectivity index (χ4n) is 2.87. The van der Waals surface area contributed by atoms with Crippen LogP contribution in [0.15, 0.2) is 6.07 Å². The summed E-state index contributed by atoms with van der Waals surface area (Å²) in [5.74, 6) is 0.386. The average Bonchev–Trinajstić information content (AvgIpc) is 2.90. The first-order valence-electron chi connectivity index (χ1n) is 7.59. The van der Waals surface area contributed by atoms with Crippen LogP contribution in [0.25, 0.3) is 0 Å². The Bertz CT molecular complexity index is 532. The number of rotatable bonds is 4. The summed E-state index contributed by atoms with van der Waals surface area (Å²) in [6, 6.07) is 2.01. The topological polar surface area (TPSA) is 40.6 Å². The highest BCUT2D eigenvalue weighted by atomic mass is 32.1. The third kappa shape index (κ3) is 3.28. The molecule has 2 amide bonds. The first-order chi connectivity index (χ1) is 9.97. The third-order valence-electron chi connectivity index (χ3n) is 4.13. The molecule has 0 aromatic carbocycles. The lowest BCUT2D eigenvalue weighted by Gasteiger charge is -2.24. The van der Waals surface area contributed by atoms with Gasteiger partial charge in [0.15, 0.2) is 0 Å². The van der Waals surface area contributed by atoms with Gasteiger partial charge < -0.3 is 9.80 Å². The van der Waals surface area contributed by atoms with Gasteiger partial charge in [-0.25, -0.2) is 0 Å². The predicted octanol–water partition coefficient (Wildman–Crippen LogP) is 2.42. The summed E-state index contributed by atoms with van der Waals surface area (Å²) in [6.07, 6.45) is 2.58. The Morgan fingerprint density at radius 3 is 2.52 bits per heavy atom. The molecule has 1 aliphatic carbocycles. The van der Waals surface area contributed by atoms with E-state index in [2.05, 4.69) is 0 Å². The SMILES string of the molecule is CCN(CC)C(=O)c1cc2c(s1)CCC(C(=O)N(C)C)C2. The van der Waals surface area contributed by atoms with E-state index < -0.39 is 0 Å². The van der Waals surface area contributed by atoms with Crippen LogP contribution in [-0.4, -0.2) is 48.8 Å². The molecule has 0 N–H and O–H groups in total. The standard InChI is InChI=1S/C16H24N2O2S/c1-5-18(6-2)16(20)14-10-12-9-11(15(19)17(3)4)7-8-13(12)21-14/h10-11H,5-9H2,1-4H3. The van der Waals surface area contributed by atoms with E-state index in [1.165, 1.54) is 10.4 Å². The number of hydrogen-bond donors (Lipinski definition) is 0. The monoisotopic (exact) mass is 308 g/mol. The molecule has 1 unspecified atom stereocenters. The maximum Gasteiger partial charge on any atom is 0.263 e. The second-order valence-electron chi connectivity index (χ2n) is 5.71. The molecule has 5 heteroatoms. The first kappa shape index (κ1) is 16.0. The minimum Gasteiger partial charge on any atom is -0.349 e. The van der Waals surface area contributed by atoms with E-state index in [-0.39, 0.29) is 17.7 Å². The minimum absolute atomic E-state index is 0.0681. The summed E-state index contributed by atoms with van der Waals surface area (Å²) in [5, 5.41) is 0. The molecule has 1 heterocycles. The van der Waals surface area contributed by atoms with E-state index >= 15 is 0 Å². The Morgan fingerprint density at radius 2 is 1.95 bits per heavy atom.